The number of halogens is 2. The number of rotatable bonds is 7. The molecule has 2 amide bonds. The number of aromatic nitrogens is 3. The minimum atomic E-state index is -2.86. The molecule has 11 heteroatoms. The van der Waals surface area contributed by atoms with Crippen molar-refractivity contribution in [2.24, 2.45) is 0 Å². The SMILES string of the molecule is O=C(NC1(CCOC(F)F)COC1)c1cnn2c1CN(C(=O)c1cc3ccccc3[nH]1)CC2. The van der Waals surface area contributed by atoms with Gasteiger partial charge < -0.3 is 24.7 Å². The number of H-pyrrole nitrogens is 1. The fourth-order valence-electron chi connectivity index (χ4n) is 4.25. The molecule has 3 aromatic rings. The van der Waals surface area contributed by atoms with Gasteiger partial charge in [0.2, 0.25) is 0 Å². The van der Waals surface area contributed by atoms with Gasteiger partial charge in [0.05, 0.1) is 55.9 Å². The number of para-hydroxylation sites is 1. The van der Waals surface area contributed by atoms with Crippen LogP contribution in [0.25, 0.3) is 10.9 Å². The lowest BCUT2D eigenvalue weighted by molar-refractivity contribution is -0.146. The van der Waals surface area contributed by atoms with E-state index in [0.29, 0.717) is 30.0 Å². The number of ether oxygens (including phenoxy) is 2. The average Bonchev–Trinajstić information content (AvgIpc) is 3.40. The summed E-state index contributed by atoms with van der Waals surface area (Å²) < 4.78 is 35.9. The number of benzene rings is 1. The Morgan fingerprint density at radius 2 is 2.09 bits per heavy atom. The van der Waals surface area contributed by atoms with Gasteiger partial charge in [-0.25, -0.2) is 0 Å². The second-order valence-electron chi connectivity index (χ2n) is 8.33. The van der Waals surface area contributed by atoms with Crippen LogP contribution < -0.4 is 5.32 Å². The van der Waals surface area contributed by atoms with Crippen LogP contribution in [0.1, 0.15) is 33.0 Å². The summed E-state index contributed by atoms with van der Waals surface area (Å²) in [7, 11) is 0. The summed E-state index contributed by atoms with van der Waals surface area (Å²) >= 11 is 0. The predicted molar refractivity (Wildman–Crippen MR) is 113 cm³/mol. The molecule has 0 unspecified atom stereocenters. The first kappa shape index (κ1) is 21.5. The molecule has 0 bridgehead atoms. The van der Waals surface area contributed by atoms with E-state index in [-0.39, 0.29) is 44.6 Å². The second kappa shape index (κ2) is 8.56. The Hall–Kier alpha value is -3.31. The minimum absolute atomic E-state index is 0.155. The normalized spacial score (nSPS) is 17.1. The third-order valence-corrected chi connectivity index (χ3v) is 6.12. The molecule has 2 aliphatic heterocycles. The Labute approximate surface area is 187 Å². The number of nitrogens with one attached hydrogen (secondary N) is 2. The summed E-state index contributed by atoms with van der Waals surface area (Å²) in [5.41, 5.74) is 1.59. The molecule has 0 atom stereocenters. The van der Waals surface area contributed by atoms with Crippen molar-refractivity contribution in [3.8, 4) is 0 Å². The van der Waals surface area contributed by atoms with Gasteiger partial charge in [0, 0.05) is 17.4 Å². The standard InChI is InChI=1S/C22H23F2N5O4/c23-21(24)33-8-5-22(12-32-13-22)27-19(30)15-10-25-29-7-6-28(11-18(15)29)20(31)17-9-14-3-1-2-4-16(14)26-17/h1-4,9-10,21,26H,5-8,11-13H2,(H,27,30). The molecule has 9 nitrogen and oxygen atoms in total. The molecule has 1 aromatic carbocycles. The fourth-order valence-corrected chi connectivity index (χ4v) is 4.25. The van der Waals surface area contributed by atoms with Gasteiger partial charge in [-0.3, -0.25) is 14.3 Å². The van der Waals surface area contributed by atoms with E-state index in [9.17, 15) is 18.4 Å². The molecule has 174 valence electrons. The van der Waals surface area contributed by atoms with Gasteiger partial charge in [0.1, 0.15) is 5.69 Å². The topological polar surface area (TPSA) is 101 Å². The molecule has 0 spiro atoms. The van der Waals surface area contributed by atoms with Crippen molar-refractivity contribution in [3.05, 3.63) is 53.5 Å². The van der Waals surface area contributed by atoms with Crippen LogP contribution in [0.5, 0.6) is 0 Å². The number of hydrogen-bond donors (Lipinski definition) is 2. The molecular formula is C22H23F2N5O4. The molecule has 5 rings (SSSR count). The summed E-state index contributed by atoms with van der Waals surface area (Å²) in [6.45, 7) is -1.45. The van der Waals surface area contributed by atoms with Crippen LogP contribution in [0, 0.1) is 0 Å². The Morgan fingerprint density at radius 1 is 1.27 bits per heavy atom. The zero-order valence-electron chi connectivity index (χ0n) is 17.7. The lowest BCUT2D eigenvalue weighted by Gasteiger charge is -2.42. The summed E-state index contributed by atoms with van der Waals surface area (Å²) in [6.07, 6.45) is 1.68. The van der Waals surface area contributed by atoms with Crippen LogP contribution in [0.15, 0.2) is 36.5 Å². The molecule has 2 aliphatic rings. The maximum atomic E-state index is 13.1. The molecule has 0 saturated carbocycles. The van der Waals surface area contributed by atoms with E-state index in [0.717, 1.165) is 10.9 Å². The lowest BCUT2D eigenvalue weighted by atomic mass is 9.93. The van der Waals surface area contributed by atoms with Gasteiger partial charge >= 0.3 is 6.61 Å². The summed E-state index contributed by atoms with van der Waals surface area (Å²) in [6, 6.07) is 9.47. The van der Waals surface area contributed by atoms with E-state index in [4.69, 9.17) is 4.74 Å². The zero-order valence-corrected chi connectivity index (χ0v) is 17.7. The highest BCUT2D eigenvalue weighted by Crippen LogP contribution is 2.25. The van der Waals surface area contributed by atoms with Gasteiger partial charge in [0.25, 0.3) is 11.8 Å². The van der Waals surface area contributed by atoms with Crippen molar-refractivity contribution in [2.45, 2.75) is 31.7 Å². The van der Waals surface area contributed by atoms with E-state index in [2.05, 4.69) is 20.1 Å². The maximum absolute atomic E-state index is 13.1. The van der Waals surface area contributed by atoms with E-state index < -0.39 is 12.2 Å². The largest absolute Gasteiger partial charge is 0.376 e. The van der Waals surface area contributed by atoms with Gasteiger partial charge in [-0.2, -0.15) is 13.9 Å². The highest BCUT2D eigenvalue weighted by molar-refractivity contribution is 5.99. The molecular weight excluding hydrogens is 436 g/mol. The fraction of sp³-hybridized carbons (Fsp3) is 0.409. The van der Waals surface area contributed by atoms with Gasteiger partial charge in [-0.15, -0.1) is 0 Å². The van der Waals surface area contributed by atoms with Gasteiger partial charge in [0.15, 0.2) is 0 Å². The van der Waals surface area contributed by atoms with Crippen molar-refractivity contribution in [1.29, 1.82) is 0 Å². The van der Waals surface area contributed by atoms with Crippen LogP contribution in [-0.2, 0) is 22.6 Å². The monoisotopic (exact) mass is 459 g/mol. The van der Waals surface area contributed by atoms with Crippen LogP contribution >= 0.6 is 0 Å². The molecule has 33 heavy (non-hydrogen) atoms. The number of carbonyl (C=O) groups is 2. The number of alkyl halides is 2. The highest BCUT2D eigenvalue weighted by Gasteiger charge is 2.41. The number of amides is 2. The third kappa shape index (κ3) is 4.21. The van der Waals surface area contributed by atoms with E-state index in [1.807, 2.05) is 30.3 Å². The Morgan fingerprint density at radius 3 is 2.82 bits per heavy atom. The van der Waals surface area contributed by atoms with Crippen LogP contribution in [0.3, 0.4) is 0 Å². The minimum Gasteiger partial charge on any atom is -0.376 e. The number of nitrogens with zero attached hydrogens (tertiary/aromatic N) is 3. The van der Waals surface area contributed by atoms with Crippen molar-refractivity contribution >= 4 is 22.7 Å². The van der Waals surface area contributed by atoms with Crippen LogP contribution in [0.4, 0.5) is 8.78 Å². The summed E-state index contributed by atoms with van der Waals surface area (Å²) in [5.74, 6) is -0.533. The average molecular weight is 459 g/mol. The Bertz CT molecular complexity index is 1150. The molecule has 0 radical (unpaired) electrons. The first-order valence-corrected chi connectivity index (χ1v) is 10.7. The van der Waals surface area contributed by atoms with Crippen molar-refractivity contribution in [2.75, 3.05) is 26.4 Å². The van der Waals surface area contributed by atoms with Crippen molar-refractivity contribution in [1.82, 2.24) is 25.0 Å². The lowest BCUT2D eigenvalue weighted by Crippen LogP contribution is -2.62. The first-order valence-electron chi connectivity index (χ1n) is 10.7. The van der Waals surface area contributed by atoms with Crippen molar-refractivity contribution < 1.29 is 27.8 Å². The second-order valence-corrected chi connectivity index (χ2v) is 8.33. The van der Waals surface area contributed by atoms with Gasteiger partial charge in [-0.1, -0.05) is 18.2 Å². The number of hydrogen-bond acceptors (Lipinski definition) is 5. The third-order valence-electron chi connectivity index (χ3n) is 6.12. The molecule has 2 N–H and O–H groups in total. The molecule has 0 aliphatic carbocycles. The Kier molecular flexibility index (Phi) is 5.59. The highest BCUT2D eigenvalue weighted by atomic mass is 19.3. The van der Waals surface area contributed by atoms with E-state index in [1.54, 1.807) is 9.58 Å². The predicted octanol–water partition coefficient (Wildman–Crippen LogP) is 2.15. The quantitative estimate of drug-likeness (QED) is 0.564. The first-order chi connectivity index (χ1) is 15.9. The molecule has 1 saturated heterocycles. The summed E-state index contributed by atoms with van der Waals surface area (Å²) in [5, 5.41) is 8.14. The molecule has 1 fully saturated rings. The van der Waals surface area contributed by atoms with Crippen molar-refractivity contribution in [3.63, 3.8) is 0 Å². The summed E-state index contributed by atoms with van der Waals surface area (Å²) in [4.78, 5) is 31.0. The maximum Gasteiger partial charge on any atom is 0.345 e. The number of fused-ring (bicyclic) bond motifs is 2. The van der Waals surface area contributed by atoms with E-state index in [1.165, 1.54) is 6.20 Å². The Balaban J connectivity index is 1.29. The van der Waals surface area contributed by atoms with Gasteiger partial charge in [-0.05, 0) is 18.6 Å². The van der Waals surface area contributed by atoms with Crippen LogP contribution in [0.2, 0.25) is 0 Å². The smallest absolute Gasteiger partial charge is 0.345 e. The molecule has 4 heterocycles. The number of aromatic amines is 1. The zero-order chi connectivity index (χ0) is 23.0. The van der Waals surface area contributed by atoms with Crippen LogP contribution in [-0.4, -0.2) is 70.0 Å². The van der Waals surface area contributed by atoms with E-state index >= 15 is 0 Å². The number of carbonyl (C=O) groups excluding carboxylic acids is 2. The molecule has 2 aromatic heterocycles.